The number of para-hydroxylation sites is 1. The molecule has 6 nitrogen and oxygen atoms in total. The largest absolute Gasteiger partial charge is 0.304 e. The van der Waals surface area contributed by atoms with Gasteiger partial charge < -0.3 is 4.90 Å². The van der Waals surface area contributed by atoms with Crippen molar-refractivity contribution >= 4 is 29.1 Å². The fourth-order valence-corrected chi connectivity index (χ4v) is 3.91. The molecule has 0 fully saturated rings. The number of fused-ring (bicyclic) bond motifs is 2. The zero-order valence-corrected chi connectivity index (χ0v) is 14.4. The first-order chi connectivity index (χ1) is 11.6. The zero-order chi connectivity index (χ0) is 16.7. The lowest BCUT2D eigenvalue weighted by atomic mass is 10.2. The van der Waals surface area contributed by atoms with Gasteiger partial charge in [-0.25, -0.2) is 9.50 Å². The predicted molar refractivity (Wildman–Crippen MR) is 93.7 cm³/mol. The Morgan fingerprint density at radius 1 is 1.21 bits per heavy atom. The van der Waals surface area contributed by atoms with Crippen LogP contribution < -0.4 is 4.90 Å². The van der Waals surface area contributed by atoms with E-state index in [1.54, 1.807) is 21.2 Å². The number of rotatable bonds is 1. The van der Waals surface area contributed by atoms with E-state index in [2.05, 4.69) is 21.1 Å². The molecule has 1 aromatic carbocycles. The van der Waals surface area contributed by atoms with Gasteiger partial charge in [0.25, 0.3) is 11.7 Å². The molecular formula is C17H17N5OS. The molecule has 24 heavy (non-hydrogen) atoms. The second kappa shape index (κ2) is 5.90. The highest BCUT2D eigenvalue weighted by Crippen LogP contribution is 2.34. The number of hydrogen-bond donors (Lipinski definition) is 0. The van der Waals surface area contributed by atoms with Gasteiger partial charge in [-0.3, -0.25) is 4.79 Å². The summed E-state index contributed by atoms with van der Waals surface area (Å²) < 4.78 is 1.62. The van der Waals surface area contributed by atoms with Crippen LogP contribution in [0.25, 0.3) is 5.78 Å². The maximum absolute atomic E-state index is 13.0. The standard InChI is InChI=1S/C17H17N5OS/c1-11-10-12(2)22-17(18-11)19-15(20-22)16(23)21-8-5-9-24-14-7-4-3-6-13(14)21/h3-4,6-7,10H,5,8-9H2,1-2H3. The lowest BCUT2D eigenvalue weighted by Crippen LogP contribution is -2.32. The second-order valence-electron chi connectivity index (χ2n) is 5.81. The summed E-state index contributed by atoms with van der Waals surface area (Å²) in [5.74, 6) is 1.48. The number of benzene rings is 1. The van der Waals surface area contributed by atoms with Gasteiger partial charge in [-0.1, -0.05) is 12.1 Å². The minimum atomic E-state index is -0.174. The molecule has 0 saturated carbocycles. The quantitative estimate of drug-likeness (QED) is 0.682. The van der Waals surface area contributed by atoms with Crippen LogP contribution in [0.15, 0.2) is 35.2 Å². The van der Waals surface area contributed by atoms with Crippen molar-refractivity contribution in [2.75, 3.05) is 17.2 Å². The third-order valence-corrected chi connectivity index (χ3v) is 5.14. The minimum Gasteiger partial charge on any atom is -0.304 e. The average molecular weight is 339 g/mol. The van der Waals surface area contributed by atoms with Crippen molar-refractivity contribution in [2.45, 2.75) is 25.2 Å². The maximum atomic E-state index is 13.0. The van der Waals surface area contributed by atoms with Crippen molar-refractivity contribution in [2.24, 2.45) is 0 Å². The average Bonchev–Trinajstić information content (AvgIpc) is 2.87. The lowest BCUT2D eigenvalue weighted by molar-refractivity contribution is 0.0977. The molecule has 1 aliphatic rings. The van der Waals surface area contributed by atoms with Crippen molar-refractivity contribution in [3.8, 4) is 0 Å². The SMILES string of the molecule is Cc1cc(C)n2nc(C(=O)N3CCCSc4ccccc43)nc2n1. The third-order valence-electron chi connectivity index (χ3n) is 3.99. The Bertz CT molecular complexity index is 936. The number of thioether (sulfide) groups is 1. The van der Waals surface area contributed by atoms with Crippen LogP contribution in [0.2, 0.25) is 0 Å². The Hall–Kier alpha value is -2.41. The van der Waals surface area contributed by atoms with E-state index >= 15 is 0 Å². The Morgan fingerprint density at radius 2 is 2.04 bits per heavy atom. The van der Waals surface area contributed by atoms with Crippen molar-refractivity contribution in [3.05, 3.63) is 47.5 Å². The number of aromatic nitrogens is 4. The van der Waals surface area contributed by atoms with Crippen molar-refractivity contribution in [3.63, 3.8) is 0 Å². The van der Waals surface area contributed by atoms with E-state index in [0.717, 1.165) is 34.1 Å². The summed E-state index contributed by atoms with van der Waals surface area (Å²) in [5, 5.41) is 4.38. The summed E-state index contributed by atoms with van der Waals surface area (Å²) in [6.07, 6.45) is 0.939. The maximum Gasteiger partial charge on any atom is 0.298 e. The van der Waals surface area contributed by atoms with Gasteiger partial charge in [0.05, 0.1) is 5.69 Å². The first-order valence-corrected chi connectivity index (χ1v) is 8.87. The van der Waals surface area contributed by atoms with E-state index < -0.39 is 0 Å². The molecule has 1 amide bonds. The molecule has 0 atom stereocenters. The van der Waals surface area contributed by atoms with E-state index in [1.165, 1.54) is 0 Å². The Kier molecular flexibility index (Phi) is 3.72. The molecule has 2 aromatic heterocycles. The van der Waals surface area contributed by atoms with Gasteiger partial charge >= 0.3 is 0 Å². The summed E-state index contributed by atoms with van der Waals surface area (Å²) in [6.45, 7) is 4.51. The number of nitrogens with zero attached hydrogens (tertiary/aromatic N) is 5. The molecule has 0 bridgehead atoms. The van der Waals surface area contributed by atoms with Crippen molar-refractivity contribution in [1.29, 1.82) is 0 Å². The van der Waals surface area contributed by atoms with Gasteiger partial charge in [0, 0.05) is 22.8 Å². The van der Waals surface area contributed by atoms with E-state index in [-0.39, 0.29) is 11.7 Å². The molecule has 3 heterocycles. The fraction of sp³-hybridized carbons (Fsp3) is 0.294. The number of anilines is 1. The highest BCUT2D eigenvalue weighted by atomic mass is 32.2. The number of amides is 1. The number of carbonyl (C=O) groups is 1. The number of carbonyl (C=O) groups excluding carboxylic acids is 1. The van der Waals surface area contributed by atoms with Crippen LogP contribution in [0.1, 0.15) is 28.4 Å². The van der Waals surface area contributed by atoms with Crippen LogP contribution >= 0.6 is 11.8 Å². The lowest BCUT2D eigenvalue weighted by Gasteiger charge is -2.20. The van der Waals surface area contributed by atoms with E-state index in [4.69, 9.17) is 0 Å². The normalized spacial score (nSPS) is 14.5. The van der Waals surface area contributed by atoms with Gasteiger partial charge in [0.2, 0.25) is 5.82 Å². The Morgan fingerprint density at radius 3 is 2.92 bits per heavy atom. The Balaban J connectivity index is 1.77. The predicted octanol–water partition coefficient (Wildman–Crippen LogP) is 2.88. The summed E-state index contributed by atoms with van der Waals surface area (Å²) in [4.78, 5) is 24.7. The number of hydrogen-bond acceptors (Lipinski definition) is 5. The molecule has 1 aliphatic heterocycles. The zero-order valence-electron chi connectivity index (χ0n) is 13.6. The molecule has 0 spiro atoms. The molecule has 0 radical (unpaired) electrons. The summed E-state index contributed by atoms with van der Waals surface area (Å²) >= 11 is 1.78. The van der Waals surface area contributed by atoms with Crippen LogP contribution in [0, 0.1) is 13.8 Å². The molecule has 3 aromatic rings. The van der Waals surface area contributed by atoms with E-state index in [1.807, 2.05) is 38.1 Å². The fourth-order valence-electron chi connectivity index (χ4n) is 2.92. The van der Waals surface area contributed by atoms with Crippen molar-refractivity contribution in [1.82, 2.24) is 19.6 Å². The van der Waals surface area contributed by atoms with Crippen LogP contribution in [0.3, 0.4) is 0 Å². The van der Waals surface area contributed by atoms with Gasteiger partial charge in [-0.2, -0.15) is 4.98 Å². The monoisotopic (exact) mass is 339 g/mol. The third kappa shape index (κ3) is 2.54. The highest BCUT2D eigenvalue weighted by Gasteiger charge is 2.26. The van der Waals surface area contributed by atoms with Crippen LogP contribution in [-0.2, 0) is 0 Å². The van der Waals surface area contributed by atoms with Gasteiger partial charge in [-0.15, -0.1) is 16.9 Å². The summed E-state index contributed by atoms with van der Waals surface area (Å²) in [7, 11) is 0. The second-order valence-corrected chi connectivity index (χ2v) is 6.95. The van der Waals surface area contributed by atoms with Gasteiger partial charge in [0.1, 0.15) is 0 Å². The molecule has 0 aliphatic carbocycles. The van der Waals surface area contributed by atoms with E-state index in [9.17, 15) is 4.79 Å². The molecular weight excluding hydrogens is 322 g/mol. The number of aryl methyl sites for hydroxylation is 2. The van der Waals surface area contributed by atoms with Crippen LogP contribution in [-0.4, -0.2) is 37.8 Å². The Labute approximate surface area is 143 Å². The van der Waals surface area contributed by atoms with E-state index in [0.29, 0.717) is 12.3 Å². The molecule has 7 heteroatoms. The molecule has 0 unspecified atom stereocenters. The van der Waals surface area contributed by atoms with Crippen molar-refractivity contribution < 1.29 is 4.79 Å². The first-order valence-electron chi connectivity index (χ1n) is 7.88. The van der Waals surface area contributed by atoms with Gasteiger partial charge in [-0.05, 0) is 44.2 Å². The summed E-state index contributed by atoms with van der Waals surface area (Å²) in [6, 6.07) is 9.91. The smallest absolute Gasteiger partial charge is 0.298 e. The molecule has 0 N–H and O–H groups in total. The topological polar surface area (TPSA) is 63.4 Å². The van der Waals surface area contributed by atoms with Crippen LogP contribution in [0.4, 0.5) is 5.69 Å². The van der Waals surface area contributed by atoms with Crippen LogP contribution in [0.5, 0.6) is 0 Å². The molecule has 122 valence electrons. The van der Waals surface area contributed by atoms with Gasteiger partial charge in [0.15, 0.2) is 0 Å². The first kappa shape index (κ1) is 15.1. The molecule has 0 saturated heterocycles. The summed E-state index contributed by atoms with van der Waals surface area (Å²) in [5.41, 5.74) is 2.71. The molecule has 4 rings (SSSR count). The highest BCUT2D eigenvalue weighted by molar-refractivity contribution is 7.99. The minimum absolute atomic E-state index is 0.174.